The lowest BCUT2D eigenvalue weighted by atomic mass is 10.1. The molecule has 0 aromatic heterocycles. The predicted molar refractivity (Wildman–Crippen MR) is 72.1 cm³/mol. The highest BCUT2D eigenvalue weighted by Crippen LogP contribution is 2.24. The van der Waals surface area contributed by atoms with Gasteiger partial charge in [0.05, 0.1) is 7.11 Å². The first-order chi connectivity index (χ1) is 8.29. The van der Waals surface area contributed by atoms with Crippen LogP contribution >= 0.6 is 0 Å². The molecule has 1 aromatic carbocycles. The number of ether oxygens (including phenoxy) is 1. The van der Waals surface area contributed by atoms with Crippen molar-refractivity contribution in [2.75, 3.05) is 13.7 Å². The second-order valence-corrected chi connectivity index (χ2v) is 4.08. The summed E-state index contributed by atoms with van der Waals surface area (Å²) in [6.07, 6.45) is 8.28. The second kappa shape index (κ2) is 7.76. The van der Waals surface area contributed by atoms with Gasteiger partial charge in [0, 0.05) is 18.0 Å². The van der Waals surface area contributed by atoms with E-state index in [1.54, 1.807) is 7.11 Å². The summed E-state index contributed by atoms with van der Waals surface area (Å²) in [4.78, 5) is 0. The molecule has 0 amide bonds. The Kier molecular flexibility index (Phi) is 6.21. The number of terminal acetylenes is 1. The van der Waals surface area contributed by atoms with Gasteiger partial charge in [-0.15, -0.1) is 12.3 Å². The van der Waals surface area contributed by atoms with E-state index in [2.05, 4.69) is 24.2 Å². The highest BCUT2D eigenvalue weighted by atomic mass is 16.5. The van der Waals surface area contributed by atoms with Crippen LogP contribution in [0, 0.1) is 12.3 Å². The van der Waals surface area contributed by atoms with Crippen LogP contribution in [-0.4, -0.2) is 13.7 Å². The Hall–Kier alpha value is -1.46. The standard InChI is InChI=1S/C15H21NO/c1-4-5-6-9-12-16-13(2)14-10-7-8-11-15(14)17-3/h1,7-8,10-11,13,16H,5-6,9,12H2,2-3H3. The lowest BCUT2D eigenvalue weighted by Crippen LogP contribution is -2.20. The molecule has 0 radical (unpaired) electrons. The molecule has 0 saturated heterocycles. The third-order valence-electron chi connectivity index (χ3n) is 2.80. The fraction of sp³-hybridized carbons (Fsp3) is 0.467. The topological polar surface area (TPSA) is 21.3 Å². The van der Waals surface area contributed by atoms with Crippen molar-refractivity contribution in [1.82, 2.24) is 5.32 Å². The first-order valence-electron chi connectivity index (χ1n) is 6.09. The molecular weight excluding hydrogens is 210 g/mol. The molecule has 1 N–H and O–H groups in total. The Bertz CT molecular complexity index is 367. The molecule has 1 rings (SSSR count). The SMILES string of the molecule is C#CCCCCNC(C)c1ccccc1OC. The number of benzene rings is 1. The molecule has 0 aliphatic heterocycles. The summed E-state index contributed by atoms with van der Waals surface area (Å²) in [5.41, 5.74) is 1.20. The van der Waals surface area contributed by atoms with Crippen LogP contribution in [0.3, 0.4) is 0 Å². The van der Waals surface area contributed by atoms with E-state index in [1.165, 1.54) is 5.56 Å². The number of rotatable bonds is 7. The minimum atomic E-state index is 0.303. The lowest BCUT2D eigenvalue weighted by molar-refractivity contribution is 0.401. The minimum absolute atomic E-state index is 0.303. The van der Waals surface area contributed by atoms with Gasteiger partial charge < -0.3 is 10.1 Å². The Labute approximate surface area is 104 Å². The van der Waals surface area contributed by atoms with Gasteiger partial charge >= 0.3 is 0 Å². The third kappa shape index (κ3) is 4.50. The van der Waals surface area contributed by atoms with Crippen LogP contribution in [0.2, 0.25) is 0 Å². The molecule has 0 fully saturated rings. The van der Waals surface area contributed by atoms with Crippen LogP contribution in [0.25, 0.3) is 0 Å². The van der Waals surface area contributed by atoms with Crippen molar-refractivity contribution in [1.29, 1.82) is 0 Å². The van der Waals surface area contributed by atoms with Crippen molar-refractivity contribution in [2.24, 2.45) is 0 Å². The maximum absolute atomic E-state index is 5.34. The maximum Gasteiger partial charge on any atom is 0.123 e. The van der Waals surface area contributed by atoms with E-state index in [1.807, 2.05) is 18.2 Å². The zero-order valence-corrected chi connectivity index (χ0v) is 10.7. The molecule has 2 nitrogen and oxygen atoms in total. The van der Waals surface area contributed by atoms with Crippen LogP contribution in [0.5, 0.6) is 5.75 Å². The van der Waals surface area contributed by atoms with Gasteiger partial charge in [-0.1, -0.05) is 18.2 Å². The minimum Gasteiger partial charge on any atom is -0.496 e. The highest BCUT2D eigenvalue weighted by Gasteiger charge is 2.09. The summed E-state index contributed by atoms with van der Waals surface area (Å²) in [5, 5.41) is 3.48. The van der Waals surface area contributed by atoms with Gasteiger partial charge in [0.25, 0.3) is 0 Å². The van der Waals surface area contributed by atoms with Crippen molar-refractivity contribution < 1.29 is 4.74 Å². The quantitative estimate of drug-likeness (QED) is 0.575. The summed E-state index contributed by atoms with van der Waals surface area (Å²) in [7, 11) is 1.71. The van der Waals surface area contributed by atoms with E-state index in [-0.39, 0.29) is 0 Å². The van der Waals surface area contributed by atoms with E-state index >= 15 is 0 Å². The van der Waals surface area contributed by atoms with Crippen LogP contribution in [-0.2, 0) is 0 Å². The Morgan fingerprint density at radius 1 is 1.35 bits per heavy atom. The molecule has 17 heavy (non-hydrogen) atoms. The molecule has 0 saturated carbocycles. The molecule has 1 aromatic rings. The molecule has 0 heterocycles. The monoisotopic (exact) mass is 231 g/mol. The third-order valence-corrected chi connectivity index (χ3v) is 2.80. The largest absolute Gasteiger partial charge is 0.496 e. The number of para-hydroxylation sites is 1. The van der Waals surface area contributed by atoms with Crippen molar-refractivity contribution in [3.8, 4) is 18.1 Å². The average molecular weight is 231 g/mol. The normalized spacial score (nSPS) is 11.8. The van der Waals surface area contributed by atoms with Gasteiger partial charge in [-0.2, -0.15) is 0 Å². The number of methoxy groups -OCH3 is 1. The van der Waals surface area contributed by atoms with Crippen molar-refractivity contribution in [3.63, 3.8) is 0 Å². The van der Waals surface area contributed by atoms with E-state index in [9.17, 15) is 0 Å². The molecule has 0 spiro atoms. The van der Waals surface area contributed by atoms with Gasteiger partial charge in [0.15, 0.2) is 0 Å². The van der Waals surface area contributed by atoms with Gasteiger partial charge in [0.1, 0.15) is 5.75 Å². The first kappa shape index (κ1) is 13.6. The maximum atomic E-state index is 5.34. The van der Waals surface area contributed by atoms with E-state index < -0.39 is 0 Å². The number of unbranched alkanes of at least 4 members (excludes halogenated alkanes) is 2. The molecule has 1 atom stereocenters. The predicted octanol–water partition coefficient (Wildman–Crippen LogP) is 3.15. The average Bonchev–Trinajstić information content (AvgIpc) is 2.38. The van der Waals surface area contributed by atoms with Crippen molar-refractivity contribution in [2.45, 2.75) is 32.2 Å². The number of nitrogens with one attached hydrogen (secondary N) is 1. The number of hydrogen-bond donors (Lipinski definition) is 1. The Morgan fingerprint density at radius 2 is 2.12 bits per heavy atom. The van der Waals surface area contributed by atoms with Crippen LogP contribution in [0.15, 0.2) is 24.3 Å². The fourth-order valence-electron chi connectivity index (χ4n) is 1.80. The van der Waals surface area contributed by atoms with Gasteiger partial charge in [-0.3, -0.25) is 0 Å². The fourth-order valence-corrected chi connectivity index (χ4v) is 1.80. The molecule has 2 heteroatoms. The van der Waals surface area contributed by atoms with Crippen molar-refractivity contribution in [3.05, 3.63) is 29.8 Å². The lowest BCUT2D eigenvalue weighted by Gasteiger charge is -2.17. The first-order valence-corrected chi connectivity index (χ1v) is 6.09. The van der Waals surface area contributed by atoms with Crippen LogP contribution in [0.1, 0.15) is 37.8 Å². The summed E-state index contributed by atoms with van der Waals surface area (Å²) < 4.78 is 5.34. The van der Waals surface area contributed by atoms with Crippen molar-refractivity contribution >= 4 is 0 Å². The summed E-state index contributed by atoms with van der Waals surface area (Å²) in [6, 6.07) is 8.41. The Balaban J connectivity index is 2.41. The Morgan fingerprint density at radius 3 is 2.82 bits per heavy atom. The zero-order chi connectivity index (χ0) is 12.5. The number of hydrogen-bond acceptors (Lipinski definition) is 2. The van der Waals surface area contributed by atoms with Gasteiger partial charge in [-0.05, 0) is 32.4 Å². The van der Waals surface area contributed by atoms with Gasteiger partial charge in [0.2, 0.25) is 0 Å². The smallest absolute Gasteiger partial charge is 0.123 e. The molecule has 0 bridgehead atoms. The molecule has 1 unspecified atom stereocenters. The highest BCUT2D eigenvalue weighted by molar-refractivity contribution is 5.35. The zero-order valence-electron chi connectivity index (χ0n) is 10.7. The molecule has 0 aliphatic rings. The molecule has 92 valence electrons. The summed E-state index contributed by atoms with van der Waals surface area (Å²) >= 11 is 0. The second-order valence-electron chi connectivity index (χ2n) is 4.08. The van der Waals surface area contributed by atoms with E-state index in [4.69, 9.17) is 11.2 Å². The molecular formula is C15H21NO. The van der Waals surface area contributed by atoms with Crippen LogP contribution in [0.4, 0.5) is 0 Å². The van der Waals surface area contributed by atoms with E-state index in [0.29, 0.717) is 6.04 Å². The van der Waals surface area contributed by atoms with E-state index in [0.717, 1.165) is 31.6 Å². The van der Waals surface area contributed by atoms with Gasteiger partial charge in [-0.25, -0.2) is 0 Å². The summed E-state index contributed by atoms with van der Waals surface area (Å²) in [6.45, 7) is 3.14. The summed E-state index contributed by atoms with van der Waals surface area (Å²) in [5.74, 6) is 3.60. The van der Waals surface area contributed by atoms with Crippen LogP contribution < -0.4 is 10.1 Å². The molecule has 0 aliphatic carbocycles.